The van der Waals surface area contributed by atoms with E-state index in [4.69, 9.17) is 4.84 Å². The summed E-state index contributed by atoms with van der Waals surface area (Å²) in [7, 11) is 0. The van der Waals surface area contributed by atoms with E-state index in [-0.39, 0.29) is 13.2 Å². The minimum Gasteiger partial charge on any atom is -0.389 e. The van der Waals surface area contributed by atoms with E-state index in [1.54, 1.807) is 6.07 Å². The average molecular weight is 247 g/mol. The van der Waals surface area contributed by atoms with Crippen molar-refractivity contribution in [1.82, 2.24) is 5.06 Å². The van der Waals surface area contributed by atoms with Crippen molar-refractivity contribution < 1.29 is 23.1 Å². The fourth-order valence-electron chi connectivity index (χ4n) is 1.69. The van der Waals surface area contributed by atoms with Gasteiger partial charge in [0, 0.05) is 6.54 Å². The van der Waals surface area contributed by atoms with E-state index in [1.807, 2.05) is 0 Å². The Morgan fingerprint density at radius 3 is 2.76 bits per heavy atom. The molecule has 0 amide bonds. The largest absolute Gasteiger partial charge is 0.416 e. The fraction of sp³-hybridized carbons (Fsp3) is 0.455. The zero-order valence-corrected chi connectivity index (χ0v) is 8.94. The van der Waals surface area contributed by atoms with Crippen molar-refractivity contribution in [3.05, 3.63) is 35.4 Å². The van der Waals surface area contributed by atoms with Crippen LogP contribution in [0.25, 0.3) is 0 Å². The molecule has 1 aromatic rings. The van der Waals surface area contributed by atoms with Gasteiger partial charge in [0.1, 0.15) is 0 Å². The molecule has 1 aromatic carbocycles. The number of rotatable bonds is 2. The topological polar surface area (TPSA) is 32.7 Å². The van der Waals surface area contributed by atoms with E-state index in [2.05, 4.69) is 0 Å². The third-order valence-corrected chi connectivity index (χ3v) is 2.48. The normalized spacial score (nSPS) is 22.0. The molecule has 1 fully saturated rings. The molecule has 0 bridgehead atoms. The Morgan fingerprint density at radius 1 is 1.41 bits per heavy atom. The van der Waals surface area contributed by atoms with E-state index in [9.17, 15) is 18.3 Å². The first kappa shape index (κ1) is 12.3. The number of β-amino-alcohol motifs (C(OH)–C–C–N with tert-alkyl or cyclic N) is 1. The van der Waals surface area contributed by atoms with Gasteiger partial charge in [-0.3, -0.25) is 4.84 Å². The van der Waals surface area contributed by atoms with Gasteiger partial charge < -0.3 is 5.11 Å². The van der Waals surface area contributed by atoms with Crippen molar-refractivity contribution in [3.63, 3.8) is 0 Å². The molecule has 0 spiro atoms. The third-order valence-electron chi connectivity index (χ3n) is 2.48. The van der Waals surface area contributed by atoms with Crippen LogP contribution in [-0.4, -0.2) is 29.4 Å². The van der Waals surface area contributed by atoms with Gasteiger partial charge in [-0.15, -0.1) is 0 Å². The lowest BCUT2D eigenvalue weighted by molar-refractivity contribution is -0.138. The molecule has 1 aliphatic rings. The highest BCUT2D eigenvalue weighted by Crippen LogP contribution is 2.29. The molecule has 1 saturated heterocycles. The van der Waals surface area contributed by atoms with Gasteiger partial charge in [-0.2, -0.15) is 18.2 Å². The maximum absolute atomic E-state index is 12.5. The summed E-state index contributed by atoms with van der Waals surface area (Å²) in [4.78, 5) is 5.10. The van der Waals surface area contributed by atoms with Crippen LogP contribution in [0.15, 0.2) is 24.3 Å². The predicted molar refractivity (Wildman–Crippen MR) is 53.8 cm³/mol. The minimum atomic E-state index is -4.33. The van der Waals surface area contributed by atoms with Gasteiger partial charge in [-0.25, -0.2) is 0 Å². The summed E-state index contributed by atoms with van der Waals surface area (Å²) >= 11 is 0. The molecule has 1 atom stereocenters. The van der Waals surface area contributed by atoms with E-state index < -0.39 is 17.8 Å². The number of hydrogen-bond acceptors (Lipinski definition) is 3. The number of alkyl halides is 3. The molecule has 2 rings (SSSR count). The molecule has 3 nitrogen and oxygen atoms in total. The quantitative estimate of drug-likeness (QED) is 0.865. The number of aliphatic hydroxyl groups excluding tert-OH is 1. The summed E-state index contributed by atoms with van der Waals surface area (Å²) in [6, 6.07) is 5.09. The molecular formula is C11H12F3NO2. The smallest absolute Gasteiger partial charge is 0.389 e. The summed E-state index contributed by atoms with van der Waals surface area (Å²) < 4.78 is 37.4. The zero-order valence-electron chi connectivity index (χ0n) is 8.94. The Morgan fingerprint density at radius 2 is 2.18 bits per heavy atom. The molecule has 1 heterocycles. The maximum Gasteiger partial charge on any atom is 0.416 e. The van der Waals surface area contributed by atoms with Gasteiger partial charge in [0.15, 0.2) is 0 Å². The molecule has 0 aromatic heterocycles. The van der Waals surface area contributed by atoms with Crippen LogP contribution in [-0.2, 0) is 17.6 Å². The van der Waals surface area contributed by atoms with E-state index in [0.717, 1.165) is 12.1 Å². The summed E-state index contributed by atoms with van der Waals surface area (Å²) in [5, 5.41) is 10.7. The van der Waals surface area contributed by atoms with Crippen LogP contribution in [0.1, 0.15) is 11.1 Å². The molecular weight excluding hydrogens is 235 g/mol. The number of nitrogens with zero attached hydrogens (tertiary/aromatic N) is 1. The van der Waals surface area contributed by atoms with Gasteiger partial charge >= 0.3 is 6.18 Å². The van der Waals surface area contributed by atoms with Crippen LogP contribution in [0.2, 0.25) is 0 Å². The monoisotopic (exact) mass is 247 g/mol. The molecule has 94 valence electrons. The Kier molecular flexibility index (Phi) is 3.37. The van der Waals surface area contributed by atoms with E-state index in [1.165, 1.54) is 11.1 Å². The molecule has 6 heteroatoms. The van der Waals surface area contributed by atoms with Crippen LogP contribution in [0.5, 0.6) is 0 Å². The van der Waals surface area contributed by atoms with Crippen LogP contribution >= 0.6 is 0 Å². The highest BCUT2D eigenvalue weighted by atomic mass is 19.4. The average Bonchev–Trinajstić information content (AvgIpc) is 2.63. The summed E-state index contributed by atoms with van der Waals surface area (Å²) in [5.74, 6) is 0. The second-order valence-electron chi connectivity index (χ2n) is 3.97. The van der Waals surface area contributed by atoms with Gasteiger partial charge in [0.2, 0.25) is 0 Å². The van der Waals surface area contributed by atoms with Gasteiger partial charge in [-0.1, -0.05) is 18.2 Å². The summed E-state index contributed by atoms with van der Waals surface area (Å²) in [6.07, 6.45) is -4.90. The Labute approximate surface area is 96.4 Å². The number of halogens is 3. The van der Waals surface area contributed by atoms with Crippen LogP contribution in [0.3, 0.4) is 0 Å². The van der Waals surface area contributed by atoms with Crippen molar-refractivity contribution >= 4 is 0 Å². The number of hydrogen-bond donors (Lipinski definition) is 1. The molecule has 0 aliphatic carbocycles. The Hall–Kier alpha value is -1.11. The maximum atomic E-state index is 12.5. The van der Waals surface area contributed by atoms with Gasteiger partial charge in [-0.05, 0) is 11.6 Å². The molecule has 1 N–H and O–H groups in total. The van der Waals surface area contributed by atoms with Crippen molar-refractivity contribution in [2.24, 2.45) is 0 Å². The van der Waals surface area contributed by atoms with E-state index in [0.29, 0.717) is 12.1 Å². The first-order valence-electron chi connectivity index (χ1n) is 5.17. The van der Waals surface area contributed by atoms with Gasteiger partial charge in [0.25, 0.3) is 0 Å². The lowest BCUT2D eigenvalue weighted by Crippen LogP contribution is -2.20. The lowest BCUT2D eigenvalue weighted by Gasteiger charge is -2.14. The zero-order chi connectivity index (χ0) is 12.5. The van der Waals surface area contributed by atoms with Gasteiger partial charge in [0.05, 0.1) is 24.8 Å². The number of hydroxylamine groups is 2. The van der Waals surface area contributed by atoms with Crippen molar-refractivity contribution in [2.45, 2.75) is 18.8 Å². The molecule has 0 unspecified atom stereocenters. The third kappa shape index (κ3) is 3.18. The standard InChI is InChI=1S/C11H12F3NO2/c12-11(13,14)9-3-1-2-8(4-9)5-15-6-10(16)7-17-15/h1-4,10,16H,5-7H2/t10-/m1/s1. The molecule has 0 saturated carbocycles. The Balaban J connectivity index is 2.06. The molecule has 0 radical (unpaired) electrons. The molecule has 17 heavy (non-hydrogen) atoms. The highest BCUT2D eigenvalue weighted by Gasteiger charge is 2.30. The van der Waals surface area contributed by atoms with Crippen molar-refractivity contribution in [3.8, 4) is 0 Å². The second-order valence-corrected chi connectivity index (χ2v) is 3.97. The number of aliphatic hydroxyl groups is 1. The highest BCUT2D eigenvalue weighted by molar-refractivity contribution is 5.25. The van der Waals surface area contributed by atoms with Crippen molar-refractivity contribution in [2.75, 3.05) is 13.2 Å². The lowest BCUT2D eigenvalue weighted by atomic mass is 10.1. The molecule has 1 aliphatic heterocycles. The predicted octanol–water partition coefficient (Wildman–Crippen LogP) is 1.81. The van der Waals surface area contributed by atoms with E-state index >= 15 is 0 Å². The van der Waals surface area contributed by atoms with Crippen LogP contribution in [0, 0.1) is 0 Å². The minimum absolute atomic E-state index is 0.193. The summed E-state index contributed by atoms with van der Waals surface area (Å²) in [6.45, 7) is 0.746. The Bertz CT molecular complexity index is 395. The number of benzene rings is 1. The SMILES string of the molecule is O[C@H]1CON(Cc2cccc(C(F)(F)F)c2)C1. The van der Waals surface area contributed by atoms with Crippen LogP contribution < -0.4 is 0 Å². The van der Waals surface area contributed by atoms with Crippen molar-refractivity contribution in [1.29, 1.82) is 0 Å². The second kappa shape index (κ2) is 4.64. The summed E-state index contributed by atoms with van der Waals surface area (Å²) in [5.41, 5.74) is -0.163. The first-order valence-corrected chi connectivity index (χ1v) is 5.17. The van der Waals surface area contributed by atoms with Crippen LogP contribution in [0.4, 0.5) is 13.2 Å². The first-order chi connectivity index (χ1) is 7.95. The fourth-order valence-corrected chi connectivity index (χ4v) is 1.69.